The summed E-state index contributed by atoms with van der Waals surface area (Å²) in [6.07, 6.45) is 0. The van der Waals surface area contributed by atoms with Crippen molar-refractivity contribution in [2.75, 3.05) is 0 Å². The molecule has 11 aromatic rings. The molecule has 0 atom stereocenters. The first-order valence-electron chi connectivity index (χ1n) is 12.8. The molecule has 36 heavy (non-hydrogen) atoms. The molecule has 11 rings (SSSR count). The van der Waals surface area contributed by atoms with Crippen LogP contribution in [0.15, 0.2) is 97.1 Å². The Morgan fingerprint density at radius 1 is 0.222 bits per heavy atom. The van der Waals surface area contributed by atoms with Crippen LogP contribution in [0.3, 0.4) is 0 Å². The Kier molecular flexibility index (Phi) is 2.40. The summed E-state index contributed by atoms with van der Waals surface area (Å²) in [7, 11) is 0. The van der Waals surface area contributed by atoms with Crippen LogP contribution in [-0.2, 0) is 0 Å². The Hall–Kier alpha value is -4.68. The fourth-order valence-electron chi connectivity index (χ4n) is 8.06. The Labute approximate surface area is 204 Å². The molecule has 0 aliphatic heterocycles. The second-order valence-electron chi connectivity index (χ2n) is 10.8. The van der Waals surface area contributed by atoms with Gasteiger partial charge in [0.15, 0.2) is 0 Å². The minimum atomic E-state index is 1.34. The van der Waals surface area contributed by atoms with Crippen LogP contribution in [0, 0.1) is 0 Å². The molecule has 0 aliphatic carbocycles. The van der Waals surface area contributed by atoms with E-state index in [0.29, 0.717) is 0 Å². The van der Waals surface area contributed by atoms with Crippen molar-refractivity contribution in [2.45, 2.75) is 0 Å². The number of fused-ring (bicyclic) bond motifs is 3. The van der Waals surface area contributed by atoms with Gasteiger partial charge in [-0.25, -0.2) is 0 Å². The molecule has 0 fully saturated rings. The van der Waals surface area contributed by atoms with Crippen molar-refractivity contribution in [3.63, 3.8) is 0 Å². The molecule has 11 aromatic carbocycles. The topological polar surface area (TPSA) is 0 Å². The first-order valence-corrected chi connectivity index (χ1v) is 12.8. The minimum Gasteiger partial charge on any atom is -0.0616 e. The van der Waals surface area contributed by atoms with E-state index in [-0.39, 0.29) is 0 Å². The van der Waals surface area contributed by atoms with E-state index >= 15 is 0 Å². The molecule has 0 saturated carbocycles. The van der Waals surface area contributed by atoms with Gasteiger partial charge < -0.3 is 0 Å². The van der Waals surface area contributed by atoms with Gasteiger partial charge in [-0.1, -0.05) is 84.9 Å². The number of hydrogen-bond acceptors (Lipinski definition) is 0. The molecule has 0 saturated heterocycles. The quantitative estimate of drug-likeness (QED) is 0.160. The average molecular weight is 449 g/mol. The van der Waals surface area contributed by atoms with Crippen LogP contribution in [0.2, 0.25) is 0 Å². The molecule has 0 spiro atoms. The second-order valence-corrected chi connectivity index (χ2v) is 10.8. The third-order valence-corrected chi connectivity index (χ3v) is 9.34. The lowest BCUT2D eigenvalue weighted by Crippen LogP contribution is -1.97. The van der Waals surface area contributed by atoms with E-state index in [1.807, 2.05) is 0 Å². The van der Waals surface area contributed by atoms with Gasteiger partial charge in [-0.15, -0.1) is 0 Å². The van der Waals surface area contributed by atoms with Gasteiger partial charge in [0.25, 0.3) is 0 Å². The molecular weight excluding hydrogens is 432 g/mol. The molecule has 0 aliphatic rings. The number of benzene rings is 11. The fourth-order valence-corrected chi connectivity index (χ4v) is 8.06. The van der Waals surface area contributed by atoms with E-state index < -0.39 is 0 Å². The Balaban J connectivity index is 1.72. The summed E-state index contributed by atoms with van der Waals surface area (Å²) in [6.45, 7) is 0. The summed E-state index contributed by atoms with van der Waals surface area (Å²) in [5.74, 6) is 0. The summed E-state index contributed by atoms with van der Waals surface area (Å²) < 4.78 is 0. The molecule has 0 aromatic heterocycles. The molecule has 0 bridgehead atoms. The monoisotopic (exact) mass is 448 g/mol. The highest BCUT2D eigenvalue weighted by molar-refractivity contribution is 6.55. The average Bonchev–Trinajstić information content (AvgIpc) is 2.94. The SMILES string of the molecule is c1ccc2c(c1)c1ccc3ccc4cc5ccc6ccc7ccc8cc2c2c1c3c4c1c5c6c7c8c21. The molecule has 0 heterocycles. The van der Waals surface area contributed by atoms with Gasteiger partial charge in [-0.3, -0.25) is 0 Å². The lowest BCUT2D eigenvalue weighted by atomic mass is 9.76. The fraction of sp³-hybridized carbons (Fsp3) is 0. The molecule has 0 amide bonds. The van der Waals surface area contributed by atoms with Crippen LogP contribution in [0.25, 0.3) is 108 Å². The van der Waals surface area contributed by atoms with Crippen molar-refractivity contribution in [1.29, 1.82) is 0 Å². The van der Waals surface area contributed by atoms with Crippen molar-refractivity contribution < 1.29 is 0 Å². The van der Waals surface area contributed by atoms with Crippen LogP contribution in [-0.4, -0.2) is 0 Å². The van der Waals surface area contributed by atoms with E-state index in [0.717, 1.165) is 0 Å². The first-order chi connectivity index (χ1) is 17.9. The second kappa shape index (κ2) is 5.12. The predicted octanol–water partition coefficient (Wildman–Crippen LogP) is 10.4. The highest BCUT2D eigenvalue weighted by atomic mass is 14.3. The zero-order valence-electron chi connectivity index (χ0n) is 19.2. The maximum atomic E-state index is 2.48. The summed E-state index contributed by atoms with van der Waals surface area (Å²) in [6, 6.07) is 37.3. The van der Waals surface area contributed by atoms with Gasteiger partial charge in [0.05, 0.1) is 0 Å². The molecular formula is C36H16. The van der Waals surface area contributed by atoms with E-state index in [2.05, 4.69) is 97.1 Å². The van der Waals surface area contributed by atoms with E-state index in [4.69, 9.17) is 0 Å². The highest BCUT2D eigenvalue weighted by Crippen LogP contribution is 2.55. The minimum absolute atomic E-state index is 1.34. The van der Waals surface area contributed by atoms with Crippen molar-refractivity contribution >= 4 is 108 Å². The van der Waals surface area contributed by atoms with E-state index in [9.17, 15) is 0 Å². The number of rotatable bonds is 0. The lowest BCUT2D eigenvalue weighted by molar-refractivity contribution is 1.81. The van der Waals surface area contributed by atoms with Gasteiger partial charge in [0.1, 0.15) is 0 Å². The van der Waals surface area contributed by atoms with Crippen LogP contribution in [0.5, 0.6) is 0 Å². The van der Waals surface area contributed by atoms with Gasteiger partial charge in [0.2, 0.25) is 0 Å². The van der Waals surface area contributed by atoms with Crippen molar-refractivity contribution in [2.24, 2.45) is 0 Å². The normalized spacial score (nSPS) is 13.6. The zero-order chi connectivity index (χ0) is 22.9. The molecule has 160 valence electrons. The summed E-state index contributed by atoms with van der Waals surface area (Å²) in [4.78, 5) is 0. The smallest absolute Gasteiger partial charge is 0.0000702 e. The molecule has 0 nitrogen and oxygen atoms in total. The van der Waals surface area contributed by atoms with Crippen molar-refractivity contribution in [1.82, 2.24) is 0 Å². The molecule has 0 N–H and O–H groups in total. The van der Waals surface area contributed by atoms with Crippen molar-refractivity contribution in [3.05, 3.63) is 97.1 Å². The van der Waals surface area contributed by atoms with Crippen molar-refractivity contribution in [3.8, 4) is 0 Å². The summed E-state index contributed by atoms with van der Waals surface area (Å²) in [5, 5.41) is 28.1. The predicted molar refractivity (Wildman–Crippen MR) is 157 cm³/mol. The largest absolute Gasteiger partial charge is 0.0616 e. The van der Waals surface area contributed by atoms with Crippen LogP contribution in [0.4, 0.5) is 0 Å². The molecule has 0 unspecified atom stereocenters. The summed E-state index contributed by atoms with van der Waals surface area (Å²) in [5.41, 5.74) is 0. The Morgan fingerprint density at radius 2 is 0.611 bits per heavy atom. The summed E-state index contributed by atoms with van der Waals surface area (Å²) >= 11 is 0. The highest BCUT2D eigenvalue weighted by Gasteiger charge is 2.26. The zero-order valence-corrected chi connectivity index (χ0v) is 19.2. The number of hydrogen-bond donors (Lipinski definition) is 0. The third kappa shape index (κ3) is 1.55. The van der Waals surface area contributed by atoms with Crippen LogP contribution < -0.4 is 0 Å². The maximum absolute atomic E-state index is 2.48. The maximum Gasteiger partial charge on any atom is -0.0000702 e. The third-order valence-electron chi connectivity index (χ3n) is 9.34. The van der Waals surface area contributed by atoms with Gasteiger partial charge >= 0.3 is 0 Å². The van der Waals surface area contributed by atoms with E-state index in [1.165, 1.54) is 108 Å². The lowest BCUT2D eigenvalue weighted by Gasteiger charge is -2.26. The van der Waals surface area contributed by atoms with E-state index in [1.54, 1.807) is 0 Å². The van der Waals surface area contributed by atoms with Gasteiger partial charge in [-0.05, 0) is 120 Å². The van der Waals surface area contributed by atoms with Gasteiger partial charge in [-0.2, -0.15) is 0 Å². The Bertz CT molecular complexity index is 2670. The van der Waals surface area contributed by atoms with Gasteiger partial charge in [0, 0.05) is 0 Å². The Morgan fingerprint density at radius 3 is 1.22 bits per heavy atom. The first kappa shape index (κ1) is 16.9. The van der Waals surface area contributed by atoms with Crippen LogP contribution in [0.1, 0.15) is 0 Å². The van der Waals surface area contributed by atoms with Crippen LogP contribution >= 0.6 is 0 Å². The standard InChI is InChI=1S/C36H16/c1-2-4-24-23(3-1)25-14-13-19-8-11-21-15-20-10-7-17-5-6-18-9-12-22-16-26(24)34-33(25)29(19)31(21)35-30(20)27(17)28(18)32(22)36(34)35/h1-16H. The molecule has 0 radical (unpaired) electrons. The molecule has 0 heteroatoms.